The molecule has 1 aliphatic heterocycles. The number of hydrogen-bond donors (Lipinski definition) is 1. The van der Waals surface area contributed by atoms with Gasteiger partial charge >= 0.3 is 0 Å². The summed E-state index contributed by atoms with van der Waals surface area (Å²) in [6.45, 7) is 3.18. The number of carbonyl (C=O) groups excluding carboxylic acids is 1. The minimum absolute atomic E-state index is 0.0118. The number of ether oxygens (including phenoxy) is 1. The number of thioether (sulfide) groups is 1. The van der Waals surface area contributed by atoms with Crippen molar-refractivity contribution in [1.29, 1.82) is 0 Å². The third-order valence-electron chi connectivity index (χ3n) is 3.20. The highest BCUT2D eigenvalue weighted by Gasteiger charge is 2.27. The van der Waals surface area contributed by atoms with Gasteiger partial charge in [-0.25, -0.2) is 0 Å². The number of aliphatic hydroxyl groups excluding tert-OH is 1. The molecule has 0 unspecified atom stereocenters. The monoisotopic (exact) mass is 349 g/mol. The first-order valence-electron chi connectivity index (χ1n) is 6.64. The van der Waals surface area contributed by atoms with E-state index in [1.807, 2.05) is 6.92 Å². The van der Waals surface area contributed by atoms with Crippen LogP contribution < -0.4 is 0 Å². The van der Waals surface area contributed by atoms with E-state index in [2.05, 4.69) is 0 Å². The normalized spacial score (nSPS) is 20.4. The number of aliphatic hydroxyl groups is 1. The first kappa shape index (κ1) is 16.9. The number of benzene rings is 1. The van der Waals surface area contributed by atoms with E-state index >= 15 is 0 Å². The van der Waals surface area contributed by atoms with Crippen LogP contribution >= 0.6 is 35.0 Å². The van der Waals surface area contributed by atoms with Crippen LogP contribution in [0.4, 0.5) is 0 Å². The standard InChI is InChI=1S/C14H17Cl2NO3S/c1-9(21-13-6-10(15)2-3-12(13)16)14(19)17-4-5-20-11(7-17)8-18/h2-3,6,9,11,18H,4-5,7-8H2,1H3/t9-,11-/m0/s1. The molecule has 4 nitrogen and oxygen atoms in total. The van der Waals surface area contributed by atoms with E-state index in [1.165, 1.54) is 11.8 Å². The van der Waals surface area contributed by atoms with Crippen LogP contribution in [0, 0.1) is 0 Å². The average Bonchev–Trinajstić information content (AvgIpc) is 2.50. The lowest BCUT2D eigenvalue weighted by molar-refractivity contribution is -0.139. The first-order chi connectivity index (χ1) is 10.0. The van der Waals surface area contributed by atoms with Gasteiger partial charge in [0, 0.05) is 23.0 Å². The lowest BCUT2D eigenvalue weighted by Gasteiger charge is -2.33. The number of nitrogens with zero attached hydrogens (tertiary/aromatic N) is 1. The molecule has 0 radical (unpaired) electrons. The highest BCUT2D eigenvalue weighted by molar-refractivity contribution is 8.00. The van der Waals surface area contributed by atoms with E-state index in [0.717, 1.165) is 4.90 Å². The Kier molecular flexibility index (Phi) is 6.20. The van der Waals surface area contributed by atoms with Crippen LogP contribution in [-0.4, -0.2) is 53.6 Å². The second-order valence-electron chi connectivity index (χ2n) is 4.79. The Morgan fingerprint density at radius 1 is 1.57 bits per heavy atom. The molecule has 0 saturated carbocycles. The molecule has 1 heterocycles. The second kappa shape index (κ2) is 7.70. The Morgan fingerprint density at radius 2 is 2.33 bits per heavy atom. The summed E-state index contributed by atoms with van der Waals surface area (Å²) in [5, 5.41) is 10.0. The van der Waals surface area contributed by atoms with Crippen LogP contribution in [-0.2, 0) is 9.53 Å². The van der Waals surface area contributed by atoms with Crippen molar-refractivity contribution in [1.82, 2.24) is 4.90 Å². The molecular weight excluding hydrogens is 333 g/mol. The fourth-order valence-corrected chi connectivity index (χ4v) is 3.59. The van der Waals surface area contributed by atoms with Gasteiger partial charge in [0.15, 0.2) is 0 Å². The van der Waals surface area contributed by atoms with E-state index in [0.29, 0.717) is 29.7 Å². The summed E-state index contributed by atoms with van der Waals surface area (Å²) in [6.07, 6.45) is -0.297. The number of hydrogen-bond acceptors (Lipinski definition) is 4. The highest BCUT2D eigenvalue weighted by atomic mass is 35.5. The summed E-state index contributed by atoms with van der Waals surface area (Å²) in [5.41, 5.74) is 0. The molecule has 0 spiro atoms. The van der Waals surface area contributed by atoms with E-state index in [4.69, 9.17) is 33.0 Å². The molecule has 1 N–H and O–H groups in total. The predicted octanol–water partition coefficient (Wildman–Crippen LogP) is 2.69. The molecule has 0 bridgehead atoms. The molecule has 2 atom stereocenters. The van der Waals surface area contributed by atoms with Crippen LogP contribution in [0.25, 0.3) is 0 Å². The summed E-state index contributed by atoms with van der Waals surface area (Å²) in [7, 11) is 0. The summed E-state index contributed by atoms with van der Waals surface area (Å²) < 4.78 is 5.35. The maximum atomic E-state index is 12.5. The van der Waals surface area contributed by atoms with E-state index in [1.54, 1.807) is 23.1 Å². The van der Waals surface area contributed by atoms with Gasteiger partial charge < -0.3 is 14.7 Å². The Labute approximate surface area is 138 Å². The SMILES string of the molecule is C[C@H](Sc1cc(Cl)ccc1Cl)C(=O)N1CCO[C@H](CO)C1. The molecule has 21 heavy (non-hydrogen) atoms. The molecule has 1 aliphatic rings. The lowest BCUT2D eigenvalue weighted by atomic mass is 10.2. The maximum absolute atomic E-state index is 12.5. The molecule has 116 valence electrons. The van der Waals surface area contributed by atoms with Crippen LogP contribution in [0.5, 0.6) is 0 Å². The molecule has 1 saturated heterocycles. The zero-order valence-corrected chi connectivity index (χ0v) is 13.9. The molecule has 1 amide bonds. The molecule has 0 aromatic heterocycles. The van der Waals surface area contributed by atoms with Crippen molar-refractivity contribution in [2.75, 3.05) is 26.3 Å². The molecule has 0 aliphatic carbocycles. The Hall–Kier alpha value is -0.460. The smallest absolute Gasteiger partial charge is 0.235 e. The minimum atomic E-state index is -0.297. The zero-order chi connectivity index (χ0) is 15.4. The van der Waals surface area contributed by atoms with Gasteiger partial charge in [-0.05, 0) is 25.1 Å². The van der Waals surface area contributed by atoms with Gasteiger partial charge in [0.25, 0.3) is 0 Å². The van der Waals surface area contributed by atoms with Crippen LogP contribution in [0.3, 0.4) is 0 Å². The van der Waals surface area contributed by atoms with Crippen molar-refractivity contribution in [3.05, 3.63) is 28.2 Å². The molecule has 2 rings (SSSR count). The van der Waals surface area contributed by atoms with Gasteiger partial charge in [0.05, 0.1) is 29.6 Å². The number of amides is 1. The van der Waals surface area contributed by atoms with Crippen molar-refractivity contribution in [2.24, 2.45) is 0 Å². The number of morpholine rings is 1. The van der Waals surface area contributed by atoms with Gasteiger partial charge in [-0.1, -0.05) is 23.2 Å². The van der Waals surface area contributed by atoms with Crippen molar-refractivity contribution in [3.63, 3.8) is 0 Å². The fourth-order valence-electron chi connectivity index (χ4n) is 2.10. The summed E-state index contributed by atoms with van der Waals surface area (Å²) in [6, 6.07) is 5.20. The summed E-state index contributed by atoms with van der Waals surface area (Å²) in [4.78, 5) is 15.0. The Morgan fingerprint density at radius 3 is 3.05 bits per heavy atom. The summed E-state index contributed by atoms with van der Waals surface area (Å²) >= 11 is 13.5. The van der Waals surface area contributed by atoms with Crippen molar-refractivity contribution >= 4 is 40.9 Å². The van der Waals surface area contributed by atoms with Gasteiger partial charge in [0.1, 0.15) is 0 Å². The average molecular weight is 350 g/mol. The van der Waals surface area contributed by atoms with Gasteiger partial charge in [-0.3, -0.25) is 4.79 Å². The van der Waals surface area contributed by atoms with Crippen molar-refractivity contribution in [3.8, 4) is 0 Å². The number of halogens is 2. The third-order valence-corrected chi connectivity index (χ3v) is 5.02. The number of carbonyl (C=O) groups is 1. The molecule has 1 aromatic rings. The van der Waals surface area contributed by atoms with Crippen LogP contribution in [0.1, 0.15) is 6.92 Å². The van der Waals surface area contributed by atoms with Crippen molar-refractivity contribution < 1.29 is 14.6 Å². The largest absolute Gasteiger partial charge is 0.394 e. The Bertz CT molecular complexity index is 515. The number of rotatable bonds is 4. The minimum Gasteiger partial charge on any atom is -0.394 e. The molecule has 1 aromatic carbocycles. The van der Waals surface area contributed by atoms with Crippen LogP contribution in [0.15, 0.2) is 23.1 Å². The third kappa shape index (κ3) is 4.50. The molecule has 7 heteroatoms. The second-order valence-corrected chi connectivity index (χ2v) is 7.02. The van der Waals surface area contributed by atoms with Gasteiger partial charge in [-0.2, -0.15) is 0 Å². The first-order valence-corrected chi connectivity index (χ1v) is 8.27. The fraction of sp³-hybridized carbons (Fsp3) is 0.500. The van der Waals surface area contributed by atoms with Crippen LogP contribution in [0.2, 0.25) is 10.0 Å². The highest BCUT2D eigenvalue weighted by Crippen LogP contribution is 2.33. The lowest BCUT2D eigenvalue weighted by Crippen LogP contribution is -2.49. The predicted molar refractivity (Wildman–Crippen MR) is 85.2 cm³/mol. The Balaban J connectivity index is 2.00. The quantitative estimate of drug-likeness (QED) is 0.849. The van der Waals surface area contributed by atoms with E-state index in [-0.39, 0.29) is 23.9 Å². The zero-order valence-electron chi connectivity index (χ0n) is 11.6. The van der Waals surface area contributed by atoms with E-state index < -0.39 is 0 Å². The molecular formula is C14H17Cl2NO3S. The van der Waals surface area contributed by atoms with Gasteiger partial charge in [0.2, 0.25) is 5.91 Å². The maximum Gasteiger partial charge on any atom is 0.235 e. The van der Waals surface area contributed by atoms with E-state index in [9.17, 15) is 4.79 Å². The topological polar surface area (TPSA) is 49.8 Å². The van der Waals surface area contributed by atoms with Crippen molar-refractivity contribution in [2.45, 2.75) is 23.2 Å². The molecule has 1 fully saturated rings. The summed E-state index contributed by atoms with van der Waals surface area (Å²) in [5.74, 6) is 0.0118. The van der Waals surface area contributed by atoms with Gasteiger partial charge in [-0.15, -0.1) is 11.8 Å².